The summed E-state index contributed by atoms with van der Waals surface area (Å²) in [7, 11) is 2.03. The first-order chi connectivity index (χ1) is 9.22. The number of aryl methyl sites for hydroxylation is 2. The fourth-order valence-electron chi connectivity index (χ4n) is 2.70. The molecule has 5 nitrogen and oxygen atoms in total. The van der Waals surface area contributed by atoms with Gasteiger partial charge in [-0.25, -0.2) is 0 Å². The second kappa shape index (κ2) is 5.61. The molecule has 0 amide bonds. The number of nitrogens with one attached hydrogen (secondary N) is 1. The van der Waals surface area contributed by atoms with E-state index >= 15 is 0 Å². The van der Waals surface area contributed by atoms with Crippen LogP contribution in [0.4, 0.5) is 0 Å². The molecule has 19 heavy (non-hydrogen) atoms. The summed E-state index contributed by atoms with van der Waals surface area (Å²) in [5.74, 6) is 0. The number of aromatic nitrogens is 2. The summed E-state index contributed by atoms with van der Waals surface area (Å²) in [4.78, 5) is 2.52. The van der Waals surface area contributed by atoms with Crippen LogP contribution in [0.5, 0.6) is 0 Å². The van der Waals surface area contributed by atoms with E-state index in [9.17, 15) is 0 Å². The number of ether oxygens (including phenoxy) is 1. The van der Waals surface area contributed by atoms with Crippen molar-refractivity contribution in [2.75, 3.05) is 26.3 Å². The summed E-state index contributed by atoms with van der Waals surface area (Å²) < 4.78 is 7.63. The zero-order valence-corrected chi connectivity index (χ0v) is 11.9. The third-order valence-electron chi connectivity index (χ3n) is 4.03. The van der Waals surface area contributed by atoms with Crippen LogP contribution in [0, 0.1) is 6.92 Å². The van der Waals surface area contributed by atoms with Crippen LogP contribution in [0.3, 0.4) is 0 Å². The van der Waals surface area contributed by atoms with Crippen LogP contribution in [0.1, 0.15) is 24.2 Å². The first kappa shape index (κ1) is 13.1. The molecule has 0 aromatic carbocycles. The van der Waals surface area contributed by atoms with Crippen molar-refractivity contribution < 1.29 is 4.74 Å². The summed E-state index contributed by atoms with van der Waals surface area (Å²) in [5, 5.41) is 8.05. The Balaban J connectivity index is 1.60. The van der Waals surface area contributed by atoms with E-state index in [-0.39, 0.29) is 0 Å². The van der Waals surface area contributed by atoms with Gasteiger partial charge >= 0.3 is 0 Å². The molecule has 1 aromatic rings. The van der Waals surface area contributed by atoms with Gasteiger partial charge in [0.2, 0.25) is 0 Å². The molecule has 1 unspecified atom stereocenters. The largest absolute Gasteiger partial charge is 0.378 e. The van der Waals surface area contributed by atoms with E-state index in [2.05, 4.69) is 28.3 Å². The van der Waals surface area contributed by atoms with Gasteiger partial charge in [0.15, 0.2) is 0 Å². The summed E-state index contributed by atoms with van der Waals surface area (Å²) in [6, 6.07) is 3.44. The number of rotatable bonds is 5. The van der Waals surface area contributed by atoms with Crippen LogP contribution < -0.4 is 5.32 Å². The Bertz CT molecular complexity index is 427. The molecule has 0 radical (unpaired) electrons. The maximum atomic E-state index is 5.63. The highest BCUT2D eigenvalue weighted by atomic mass is 16.5. The van der Waals surface area contributed by atoms with Crippen molar-refractivity contribution in [1.82, 2.24) is 20.0 Å². The quantitative estimate of drug-likeness (QED) is 0.849. The molecule has 1 N–H and O–H groups in total. The standard InChI is InChI=1S/C14H24N4O/c1-11-7-13(17(2)16-11)9-18-5-6-19-10-14(18)8-15-12-3-4-12/h7,12,14-15H,3-6,8-10H2,1-2H3. The molecule has 0 spiro atoms. The monoisotopic (exact) mass is 264 g/mol. The zero-order valence-electron chi connectivity index (χ0n) is 11.9. The van der Waals surface area contributed by atoms with Crippen molar-refractivity contribution in [2.45, 2.75) is 38.4 Å². The van der Waals surface area contributed by atoms with Gasteiger partial charge < -0.3 is 10.1 Å². The lowest BCUT2D eigenvalue weighted by molar-refractivity contribution is -0.0120. The van der Waals surface area contributed by atoms with Crippen LogP contribution in [0.25, 0.3) is 0 Å². The molecule has 1 atom stereocenters. The number of nitrogens with zero attached hydrogens (tertiary/aromatic N) is 3. The Kier molecular flexibility index (Phi) is 3.86. The first-order valence-corrected chi connectivity index (χ1v) is 7.27. The molecule has 106 valence electrons. The van der Waals surface area contributed by atoms with E-state index in [4.69, 9.17) is 4.74 Å². The van der Waals surface area contributed by atoms with Crippen LogP contribution in [-0.4, -0.2) is 53.1 Å². The van der Waals surface area contributed by atoms with Crippen molar-refractivity contribution in [3.63, 3.8) is 0 Å². The third kappa shape index (κ3) is 3.35. The minimum atomic E-state index is 0.490. The number of hydrogen-bond acceptors (Lipinski definition) is 4. The maximum absolute atomic E-state index is 5.63. The molecule has 2 aliphatic rings. The van der Waals surface area contributed by atoms with Gasteiger partial charge in [0.05, 0.1) is 24.6 Å². The highest BCUT2D eigenvalue weighted by Gasteiger charge is 2.27. The SMILES string of the molecule is Cc1cc(CN2CCOCC2CNC2CC2)n(C)n1. The molecule has 2 heterocycles. The topological polar surface area (TPSA) is 42.3 Å². The first-order valence-electron chi connectivity index (χ1n) is 7.27. The Morgan fingerprint density at radius 3 is 3.00 bits per heavy atom. The van der Waals surface area contributed by atoms with Crippen LogP contribution >= 0.6 is 0 Å². The number of morpholine rings is 1. The molecule has 1 aromatic heterocycles. The minimum absolute atomic E-state index is 0.490. The lowest BCUT2D eigenvalue weighted by Gasteiger charge is -2.35. The van der Waals surface area contributed by atoms with Crippen LogP contribution in [0.15, 0.2) is 6.07 Å². The molecule has 2 fully saturated rings. The highest BCUT2D eigenvalue weighted by Crippen LogP contribution is 2.19. The Morgan fingerprint density at radius 1 is 1.47 bits per heavy atom. The van der Waals surface area contributed by atoms with Gasteiger partial charge in [-0.2, -0.15) is 5.10 Å². The molecule has 1 saturated carbocycles. The number of hydrogen-bond donors (Lipinski definition) is 1. The Labute approximate surface area is 114 Å². The van der Waals surface area contributed by atoms with Gasteiger partial charge in [-0.3, -0.25) is 9.58 Å². The van der Waals surface area contributed by atoms with E-state index in [1.165, 1.54) is 18.5 Å². The fourth-order valence-corrected chi connectivity index (χ4v) is 2.70. The van der Waals surface area contributed by atoms with Gasteiger partial charge in [0.25, 0.3) is 0 Å². The van der Waals surface area contributed by atoms with Crippen molar-refractivity contribution >= 4 is 0 Å². The van der Waals surface area contributed by atoms with Crippen LogP contribution in [0.2, 0.25) is 0 Å². The average molecular weight is 264 g/mol. The normalized spacial score (nSPS) is 24.8. The van der Waals surface area contributed by atoms with Gasteiger partial charge in [-0.15, -0.1) is 0 Å². The third-order valence-corrected chi connectivity index (χ3v) is 4.03. The van der Waals surface area contributed by atoms with Gasteiger partial charge in [-0.05, 0) is 25.8 Å². The Hall–Kier alpha value is -0.910. The maximum Gasteiger partial charge on any atom is 0.0635 e. The van der Waals surface area contributed by atoms with Crippen molar-refractivity contribution in [2.24, 2.45) is 7.05 Å². The Morgan fingerprint density at radius 2 is 2.32 bits per heavy atom. The van der Waals surface area contributed by atoms with Crippen molar-refractivity contribution in [1.29, 1.82) is 0 Å². The van der Waals surface area contributed by atoms with Crippen LogP contribution in [-0.2, 0) is 18.3 Å². The summed E-state index contributed by atoms with van der Waals surface area (Å²) in [5.41, 5.74) is 2.38. The van der Waals surface area contributed by atoms with E-state index in [0.29, 0.717) is 6.04 Å². The van der Waals surface area contributed by atoms with E-state index < -0.39 is 0 Å². The molecule has 3 rings (SSSR count). The predicted molar refractivity (Wildman–Crippen MR) is 74.0 cm³/mol. The highest BCUT2D eigenvalue weighted by molar-refractivity contribution is 5.08. The van der Waals surface area contributed by atoms with E-state index in [1.807, 2.05) is 11.7 Å². The molecule has 0 bridgehead atoms. The van der Waals surface area contributed by atoms with E-state index in [0.717, 1.165) is 44.6 Å². The summed E-state index contributed by atoms with van der Waals surface area (Å²) in [6.45, 7) is 6.77. The second-order valence-corrected chi connectivity index (χ2v) is 5.78. The van der Waals surface area contributed by atoms with Crippen molar-refractivity contribution in [3.05, 3.63) is 17.5 Å². The predicted octanol–water partition coefficient (Wildman–Crippen LogP) is 0.681. The van der Waals surface area contributed by atoms with E-state index in [1.54, 1.807) is 0 Å². The molecule has 1 aliphatic heterocycles. The summed E-state index contributed by atoms with van der Waals surface area (Å²) >= 11 is 0. The van der Waals surface area contributed by atoms with Crippen molar-refractivity contribution in [3.8, 4) is 0 Å². The smallest absolute Gasteiger partial charge is 0.0635 e. The molecule has 5 heteroatoms. The lowest BCUT2D eigenvalue weighted by Crippen LogP contribution is -2.50. The molecule has 1 aliphatic carbocycles. The van der Waals surface area contributed by atoms with Gasteiger partial charge in [0.1, 0.15) is 0 Å². The lowest BCUT2D eigenvalue weighted by atomic mass is 10.2. The van der Waals surface area contributed by atoms with Gasteiger partial charge in [0, 0.05) is 38.8 Å². The minimum Gasteiger partial charge on any atom is -0.378 e. The second-order valence-electron chi connectivity index (χ2n) is 5.78. The summed E-state index contributed by atoms with van der Waals surface area (Å²) in [6.07, 6.45) is 2.68. The average Bonchev–Trinajstić information content (AvgIpc) is 3.15. The van der Waals surface area contributed by atoms with Gasteiger partial charge in [-0.1, -0.05) is 0 Å². The fraction of sp³-hybridized carbons (Fsp3) is 0.786. The molecular formula is C14H24N4O. The zero-order chi connectivity index (χ0) is 13.2. The molecule has 1 saturated heterocycles. The molecular weight excluding hydrogens is 240 g/mol.